The summed E-state index contributed by atoms with van der Waals surface area (Å²) in [7, 11) is 1.74. The number of halogens is 2. The van der Waals surface area contributed by atoms with Crippen LogP contribution in [0.1, 0.15) is 12.5 Å². The van der Waals surface area contributed by atoms with Crippen molar-refractivity contribution in [3.05, 3.63) is 30.1 Å². The number of aromatic nitrogens is 1. The molecule has 0 saturated carbocycles. The van der Waals surface area contributed by atoms with Crippen LogP contribution in [0.2, 0.25) is 0 Å². The Bertz CT molecular complexity index is 306. The molecular weight excluding hydrogens is 249 g/mol. The van der Waals surface area contributed by atoms with E-state index in [4.69, 9.17) is 5.73 Å². The van der Waals surface area contributed by atoms with E-state index < -0.39 is 6.04 Å². The first-order chi connectivity index (χ1) is 6.61. The van der Waals surface area contributed by atoms with Crippen LogP contribution in [0, 0.1) is 0 Å². The molecule has 1 unspecified atom stereocenters. The molecule has 0 saturated heterocycles. The van der Waals surface area contributed by atoms with Crippen molar-refractivity contribution in [3.63, 3.8) is 0 Å². The van der Waals surface area contributed by atoms with Gasteiger partial charge in [0.15, 0.2) is 0 Å². The largest absolute Gasteiger partial charge is 0.340 e. The zero-order valence-electron chi connectivity index (χ0n) is 9.29. The highest BCUT2D eigenvalue weighted by Gasteiger charge is 2.12. The average Bonchev–Trinajstić information content (AvgIpc) is 2.18. The minimum absolute atomic E-state index is 0. The zero-order valence-corrected chi connectivity index (χ0v) is 10.9. The highest BCUT2D eigenvalue weighted by molar-refractivity contribution is 5.85. The SMILES string of the molecule is CC(N)C(=O)N(C)Cc1ccncc1.Cl.Cl. The Hall–Kier alpha value is -0.840. The lowest BCUT2D eigenvalue weighted by Crippen LogP contribution is -2.39. The van der Waals surface area contributed by atoms with Gasteiger partial charge in [0.1, 0.15) is 0 Å². The normalized spacial score (nSPS) is 10.7. The second-order valence-electron chi connectivity index (χ2n) is 3.34. The molecule has 0 aliphatic rings. The maximum Gasteiger partial charge on any atom is 0.239 e. The van der Waals surface area contributed by atoms with Crippen molar-refractivity contribution in [1.29, 1.82) is 0 Å². The molecule has 0 radical (unpaired) electrons. The molecule has 0 fully saturated rings. The summed E-state index contributed by atoms with van der Waals surface area (Å²) in [6, 6.07) is 3.32. The second kappa shape index (κ2) is 8.33. The van der Waals surface area contributed by atoms with Crippen LogP contribution in [-0.2, 0) is 11.3 Å². The van der Waals surface area contributed by atoms with E-state index in [0.29, 0.717) is 6.54 Å². The summed E-state index contributed by atoms with van der Waals surface area (Å²) in [6.45, 7) is 2.26. The third kappa shape index (κ3) is 5.30. The van der Waals surface area contributed by atoms with Gasteiger partial charge in [-0.05, 0) is 24.6 Å². The summed E-state index contributed by atoms with van der Waals surface area (Å²) in [6.07, 6.45) is 3.42. The molecule has 92 valence electrons. The minimum atomic E-state index is -0.443. The van der Waals surface area contributed by atoms with E-state index in [-0.39, 0.29) is 30.7 Å². The molecule has 6 heteroatoms. The zero-order chi connectivity index (χ0) is 10.6. The van der Waals surface area contributed by atoms with Crippen LogP contribution in [0.25, 0.3) is 0 Å². The lowest BCUT2D eigenvalue weighted by Gasteiger charge is -2.19. The summed E-state index contributed by atoms with van der Waals surface area (Å²) in [5.74, 6) is -0.0539. The summed E-state index contributed by atoms with van der Waals surface area (Å²) >= 11 is 0. The van der Waals surface area contributed by atoms with Crippen molar-refractivity contribution in [3.8, 4) is 0 Å². The van der Waals surface area contributed by atoms with Crippen LogP contribution in [0.5, 0.6) is 0 Å². The Morgan fingerprint density at radius 1 is 1.44 bits per heavy atom. The molecule has 1 atom stereocenters. The van der Waals surface area contributed by atoms with Gasteiger partial charge in [-0.2, -0.15) is 0 Å². The Kier molecular flexibility index (Phi) is 9.14. The van der Waals surface area contributed by atoms with Gasteiger partial charge in [-0.25, -0.2) is 0 Å². The lowest BCUT2D eigenvalue weighted by molar-refractivity contribution is -0.131. The first-order valence-electron chi connectivity index (χ1n) is 4.50. The molecule has 0 bridgehead atoms. The number of likely N-dealkylation sites (N-methyl/N-ethyl adjacent to an activating group) is 1. The summed E-state index contributed by atoms with van der Waals surface area (Å²) in [5.41, 5.74) is 6.54. The van der Waals surface area contributed by atoms with Crippen molar-refractivity contribution >= 4 is 30.7 Å². The molecule has 0 aliphatic carbocycles. The average molecular weight is 266 g/mol. The van der Waals surface area contributed by atoms with Gasteiger partial charge in [-0.1, -0.05) is 0 Å². The molecule has 0 aliphatic heterocycles. The van der Waals surface area contributed by atoms with E-state index in [1.165, 1.54) is 0 Å². The summed E-state index contributed by atoms with van der Waals surface area (Å²) in [4.78, 5) is 16.9. The van der Waals surface area contributed by atoms with Crippen molar-refractivity contribution < 1.29 is 4.79 Å². The van der Waals surface area contributed by atoms with E-state index in [9.17, 15) is 4.79 Å². The summed E-state index contributed by atoms with van der Waals surface area (Å²) in [5, 5.41) is 0. The molecule has 0 aromatic carbocycles. The Labute approximate surface area is 108 Å². The summed E-state index contributed by atoms with van der Waals surface area (Å²) < 4.78 is 0. The number of pyridine rings is 1. The fourth-order valence-corrected chi connectivity index (χ4v) is 1.19. The predicted molar refractivity (Wildman–Crippen MR) is 68.9 cm³/mol. The van der Waals surface area contributed by atoms with E-state index in [1.54, 1.807) is 31.3 Å². The third-order valence-electron chi connectivity index (χ3n) is 1.93. The molecular formula is C10H17Cl2N3O. The standard InChI is InChI=1S/C10H15N3O.2ClH/c1-8(11)10(14)13(2)7-9-3-5-12-6-4-9;;/h3-6,8H,7,11H2,1-2H3;2*1H. The van der Waals surface area contributed by atoms with Crippen molar-refractivity contribution in [2.24, 2.45) is 5.73 Å². The van der Waals surface area contributed by atoms with Gasteiger partial charge in [0.2, 0.25) is 5.91 Å². The number of carbonyl (C=O) groups excluding carboxylic acids is 1. The highest BCUT2D eigenvalue weighted by Crippen LogP contribution is 2.01. The maximum absolute atomic E-state index is 11.4. The van der Waals surface area contributed by atoms with Crippen molar-refractivity contribution in [2.75, 3.05) is 7.05 Å². The van der Waals surface area contributed by atoms with E-state index in [0.717, 1.165) is 5.56 Å². The predicted octanol–water partition coefficient (Wildman–Crippen LogP) is 1.23. The Balaban J connectivity index is 0. The van der Waals surface area contributed by atoms with Crippen LogP contribution in [0.3, 0.4) is 0 Å². The van der Waals surface area contributed by atoms with E-state index >= 15 is 0 Å². The Morgan fingerprint density at radius 2 is 1.94 bits per heavy atom. The van der Waals surface area contributed by atoms with Gasteiger partial charge in [0.25, 0.3) is 0 Å². The first kappa shape index (κ1) is 17.6. The van der Waals surface area contributed by atoms with Crippen molar-refractivity contribution in [2.45, 2.75) is 19.5 Å². The number of nitrogens with zero attached hydrogens (tertiary/aromatic N) is 2. The number of amides is 1. The molecule has 1 rings (SSSR count). The second-order valence-corrected chi connectivity index (χ2v) is 3.34. The van der Waals surface area contributed by atoms with E-state index in [2.05, 4.69) is 4.98 Å². The molecule has 2 N–H and O–H groups in total. The number of rotatable bonds is 3. The van der Waals surface area contributed by atoms with Gasteiger partial charge in [0.05, 0.1) is 6.04 Å². The monoisotopic (exact) mass is 265 g/mol. The van der Waals surface area contributed by atoms with Crippen molar-refractivity contribution in [1.82, 2.24) is 9.88 Å². The van der Waals surface area contributed by atoms with Crippen LogP contribution in [0.4, 0.5) is 0 Å². The van der Waals surface area contributed by atoms with Crippen LogP contribution in [-0.4, -0.2) is 28.9 Å². The molecule has 0 spiro atoms. The van der Waals surface area contributed by atoms with Gasteiger partial charge in [-0.15, -0.1) is 24.8 Å². The topological polar surface area (TPSA) is 59.2 Å². The van der Waals surface area contributed by atoms with Crippen LogP contribution < -0.4 is 5.73 Å². The number of carbonyl (C=O) groups is 1. The number of hydrogen-bond acceptors (Lipinski definition) is 3. The fourth-order valence-electron chi connectivity index (χ4n) is 1.19. The molecule has 1 aromatic heterocycles. The van der Waals surface area contributed by atoms with Gasteiger partial charge < -0.3 is 10.6 Å². The highest BCUT2D eigenvalue weighted by atomic mass is 35.5. The van der Waals surface area contributed by atoms with Gasteiger partial charge in [0, 0.05) is 26.0 Å². The fraction of sp³-hybridized carbons (Fsp3) is 0.400. The van der Waals surface area contributed by atoms with Crippen LogP contribution >= 0.6 is 24.8 Å². The lowest BCUT2D eigenvalue weighted by atomic mass is 10.2. The minimum Gasteiger partial charge on any atom is -0.340 e. The third-order valence-corrected chi connectivity index (χ3v) is 1.93. The van der Waals surface area contributed by atoms with Gasteiger partial charge >= 0.3 is 0 Å². The number of nitrogens with two attached hydrogens (primary N) is 1. The smallest absolute Gasteiger partial charge is 0.239 e. The van der Waals surface area contributed by atoms with E-state index in [1.807, 2.05) is 12.1 Å². The molecule has 1 aromatic rings. The molecule has 1 amide bonds. The quantitative estimate of drug-likeness (QED) is 0.895. The number of hydrogen-bond donors (Lipinski definition) is 1. The maximum atomic E-state index is 11.4. The molecule has 16 heavy (non-hydrogen) atoms. The molecule has 4 nitrogen and oxygen atoms in total. The molecule has 1 heterocycles. The first-order valence-corrected chi connectivity index (χ1v) is 4.50. The Morgan fingerprint density at radius 3 is 2.38 bits per heavy atom. The van der Waals surface area contributed by atoms with Gasteiger partial charge in [-0.3, -0.25) is 9.78 Å². The van der Waals surface area contributed by atoms with Crippen LogP contribution in [0.15, 0.2) is 24.5 Å².